The molecule has 1 amide bonds. The van der Waals surface area contributed by atoms with Crippen LogP contribution in [0.1, 0.15) is 39.2 Å². The molecule has 1 aromatic carbocycles. The SMILES string of the molecule is CC(C)(C)c1ccccc1NC(=O)C1CCSCC1. The summed E-state index contributed by atoms with van der Waals surface area (Å²) in [4.78, 5) is 12.3. The van der Waals surface area contributed by atoms with Gasteiger partial charge in [-0.1, -0.05) is 39.0 Å². The summed E-state index contributed by atoms with van der Waals surface area (Å²) in [6.07, 6.45) is 2.02. The lowest BCUT2D eigenvalue weighted by Gasteiger charge is -2.25. The summed E-state index contributed by atoms with van der Waals surface area (Å²) in [6.45, 7) is 6.53. The number of benzene rings is 1. The van der Waals surface area contributed by atoms with Crippen LogP contribution in [0.3, 0.4) is 0 Å². The molecule has 2 rings (SSSR count). The number of hydrogen-bond donors (Lipinski definition) is 1. The van der Waals surface area contributed by atoms with Crippen LogP contribution in [0.15, 0.2) is 24.3 Å². The van der Waals surface area contributed by atoms with Crippen molar-refractivity contribution in [2.75, 3.05) is 16.8 Å². The van der Waals surface area contributed by atoms with Crippen molar-refractivity contribution in [3.05, 3.63) is 29.8 Å². The highest BCUT2D eigenvalue weighted by Gasteiger charge is 2.24. The van der Waals surface area contributed by atoms with Crippen LogP contribution in [-0.2, 0) is 10.2 Å². The molecular weight excluding hydrogens is 254 g/mol. The van der Waals surface area contributed by atoms with E-state index in [1.165, 1.54) is 5.56 Å². The van der Waals surface area contributed by atoms with E-state index in [1.807, 2.05) is 30.0 Å². The van der Waals surface area contributed by atoms with E-state index in [0.717, 1.165) is 30.0 Å². The van der Waals surface area contributed by atoms with Gasteiger partial charge >= 0.3 is 0 Å². The molecule has 0 unspecified atom stereocenters. The number of rotatable bonds is 2. The summed E-state index contributed by atoms with van der Waals surface area (Å²) in [5.74, 6) is 2.60. The van der Waals surface area contributed by atoms with Crippen molar-refractivity contribution in [3.8, 4) is 0 Å². The highest BCUT2D eigenvalue weighted by molar-refractivity contribution is 7.99. The number of thioether (sulfide) groups is 1. The van der Waals surface area contributed by atoms with Crippen LogP contribution in [0.25, 0.3) is 0 Å². The molecule has 1 N–H and O–H groups in total. The molecule has 19 heavy (non-hydrogen) atoms. The molecule has 0 radical (unpaired) electrons. The van der Waals surface area contributed by atoms with E-state index in [0.29, 0.717) is 0 Å². The highest BCUT2D eigenvalue weighted by atomic mass is 32.2. The van der Waals surface area contributed by atoms with Crippen molar-refractivity contribution in [2.45, 2.75) is 39.0 Å². The first kappa shape index (κ1) is 14.4. The molecule has 0 bridgehead atoms. The fourth-order valence-electron chi connectivity index (χ4n) is 2.44. The first-order chi connectivity index (χ1) is 8.98. The fourth-order valence-corrected chi connectivity index (χ4v) is 3.55. The third-order valence-electron chi connectivity index (χ3n) is 3.59. The van der Waals surface area contributed by atoms with Crippen LogP contribution in [0.2, 0.25) is 0 Å². The Hall–Kier alpha value is -0.960. The summed E-state index contributed by atoms with van der Waals surface area (Å²) in [6, 6.07) is 8.14. The fraction of sp³-hybridized carbons (Fsp3) is 0.562. The molecule has 0 saturated carbocycles. The zero-order valence-electron chi connectivity index (χ0n) is 12.0. The monoisotopic (exact) mass is 277 g/mol. The lowest BCUT2D eigenvalue weighted by molar-refractivity contribution is -0.120. The van der Waals surface area contributed by atoms with Crippen LogP contribution in [0.4, 0.5) is 5.69 Å². The van der Waals surface area contributed by atoms with E-state index < -0.39 is 0 Å². The van der Waals surface area contributed by atoms with Gasteiger partial charge in [0.25, 0.3) is 0 Å². The molecule has 0 aliphatic carbocycles. The zero-order valence-corrected chi connectivity index (χ0v) is 12.8. The number of anilines is 1. The average Bonchev–Trinajstić information content (AvgIpc) is 2.39. The molecule has 1 aliphatic rings. The van der Waals surface area contributed by atoms with Crippen molar-refractivity contribution in [1.29, 1.82) is 0 Å². The van der Waals surface area contributed by atoms with E-state index >= 15 is 0 Å². The Balaban J connectivity index is 2.12. The van der Waals surface area contributed by atoms with Crippen LogP contribution in [0, 0.1) is 5.92 Å². The number of carbonyl (C=O) groups excluding carboxylic acids is 1. The predicted molar refractivity (Wildman–Crippen MR) is 83.8 cm³/mol. The Morgan fingerprint density at radius 3 is 2.47 bits per heavy atom. The van der Waals surface area contributed by atoms with Gasteiger partial charge in [-0.25, -0.2) is 0 Å². The molecule has 104 valence electrons. The summed E-state index contributed by atoms with van der Waals surface area (Å²) >= 11 is 1.95. The summed E-state index contributed by atoms with van der Waals surface area (Å²) in [5, 5.41) is 3.14. The van der Waals surface area contributed by atoms with Crippen molar-refractivity contribution in [1.82, 2.24) is 0 Å². The molecule has 0 spiro atoms. The maximum Gasteiger partial charge on any atom is 0.227 e. The highest BCUT2D eigenvalue weighted by Crippen LogP contribution is 2.30. The van der Waals surface area contributed by atoms with Crippen LogP contribution in [-0.4, -0.2) is 17.4 Å². The second-order valence-corrected chi connectivity index (χ2v) is 7.40. The zero-order chi connectivity index (χ0) is 13.9. The number of nitrogens with one attached hydrogen (secondary N) is 1. The number of para-hydroxylation sites is 1. The van der Waals surface area contributed by atoms with Gasteiger partial charge in [-0.05, 0) is 41.4 Å². The van der Waals surface area contributed by atoms with Gasteiger partial charge in [0, 0.05) is 11.6 Å². The van der Waals surface area contributed by atoms with E-state index in [9.17, 15) is 4.79 Å². The maximum atomic E-state index is 12.3. The molecule has 2 nitrogen and oxygen atoms in total. The van der Waals surface area contributed by atoms with Crippen molar-refractivity contribution in [3.63, 3.8) is 0 Å². The minimum atomic E-state index is 0.0479. The molecule has 1 aromatic rings. The van der Waals surface area contributed by atoms with Gasteiger partial charge in [0.2, 0.25) is 5.91 Å². The molecule has 1 heterocycles. The van der Waals surface area contributed by atoms with Gasteiger partial charge in [0.1, 0.15) is 0 Å². The topological polar surface area (TPSA) is 29.1 Å². The molecule has 1 aliphatic heterocycles. The van der Waals surface area contributed by atoms with Crippen LogP contribution < -0.4 is 5.32 Å². The van der Waals surface area contributed by atoms with Gasteiger partial charge in [-0.3, -0.25) is 4.79 Å². The van der Waals surface area contributed by atoms with Crippen molar-refractivity contribution in [2.24, 2.45) is 5.92 Å². The lowest BCUT2D eigenvalue weighted by atomic mass is 9.85. The standard InChI is InChI=1S/C16H23NOS/c1-16(2,3)13-6-4-5-7-14(13)17-15(18)12-8-10-19-11-9-12/h4-7,12H,8-11H2,1-3H3,(H,17,18). The summed E-state index contributed by atoms with van der Waals surface area (Å²) in [5.41, 5.74) is 2.22. The number of hydrogen-bond acceptors (Lipinski definition) is 2. The largest absolute Gasteiger partial charge is 0.326 e. The van der Waals surface area contributed by atoms with E-state index in [1.54, 1.807) is 0 Å². The predicted octanol–water partition coefficient (Wildman–Crippen LogP) is 4.07. The van der Waals surface area contributed by atoms with Gasteiger partial charge < -0.3 is 5.32 Å². The minimum absolute atomic E-state index is 0.0479. The molecular formula is C16H23NOS. The Morgan fingerprint density at radius 1 is 1.21 bits per heavy atom. The smallest absolute Gasteiger partial charge is 0.227 e. The molecule has 1 saturated heterocycles. The van der Waals surface area contributed by atoms with E-state index in [4.69, 9.17) is 0 Å². The third-order valence-corrected chi connectivity index (χ3v) is 4.63. The quantitative estimate of drug-likeness (QED) is 0.883. The first-order valence-corrected chi connectivity index (χ1v) is 8.12. The molecule has 1 fully saturated rings. The van der Waals surface area contributed by atoms with Crippen molar-refractivity contribution >= 4 is 23.4 Å². The Kier molecular flexibility index (Phi) is 4.56. The van der Waals surface area contributed by atoms with Crippen LogP contribution in [0.5, 0.6) is 0 Å². The second-order valence-electron chi connectivity index (χ2n) is 6.17. The Morgan fingerprint density at radius 2 is 1.84 bits per heavy atom. The normalized spacial score (nSPS) is 17.2. The van der Waals surface area contributed by atoms with E-state index in [2.05, 4.69) is 32.2 Å². The summed E-state index contributed by atoms with van der Waals surface area (Å²) in [7, 11) is 0. The van der Waals surface area contributed by atoms with Crippen molar-refractivity contribution < 1.29 is 4.79 Å². The lowest BCUT2D eigenvalue weighted by Crippen LogP contribution is -2.27. The van der Waals surface area contributed by atoms with Gasteiger partial charge in [-0.15, -0.1) is 0 Å². The number of amides is 1. The van der Waals surface area contributed by atoms with E-state index in [-0.39, 0.29) is 17.2 Å². The maximum absolute atomic E-state index is 12.3. The Bertz CT molecular complexity index is 444. The molecule has 3 heteroatoms. The van der Waals surface area contributed by atoms with Crippen LogP contribution >= 0.6 is 11.8 Å². The van der Waals surface area contributed by atoms with Gasteiger partial charge in [0.05, 0.1) is 0 Å². The number of carbonyl (C=O) groups is 1. The van der Waals surface area contributed by atoms with Gasteiger partial charge in [0.15, 0.2) is 0 Å². The Labute approximate surface area is 120 Å². The minimum Gasteiger partial charge on any atom is -0.326 e. The molecule has 0 atom stereocenters. The summed E-state index contributed by atoms with van der Waals surface area (Å²) < 4.78 is 0. The molecule has 0 aromatic heterocycles. The van der Waals surface area contributed by atoms with Gasteiger partial charge in [-0.2, -0.15) is 11.8 Å². The average molecular weight is 277 g/mol. The first-order valence-electron chi connectivity index (χ1n) is 6.96. The second kappa shape index (κ2) is 6.00. The third kappa shape index (κ3) is 3.75.